The van der Waals surface area contributed by atoms with Gasteiger partial charge in [0.2, 0.25) is 5.91 Å². The maximum atomic E-state index is 13.7. The number of nitrogens with zero attached hydrogens (tertiary/aromatic N) is 4. The highest BCUT2D eigenvalue weighted by Crippen LogP contribution is 2.43. The van der Waals surface area contributed by atoms with Crippen LogP contribution in [0.5, 0.6) is 0 Å². The second kappa shape index (κ2) is 10.5. The lowest BCUT2D eigenvalue weighted by molar-refractivity contribution is -0.138. The second-order valence-corrected chi connectivity index (χ2v) is 10.8. The van der Waals surface area contributed by atoms with Crippen molar-refractivity contribution in [3.63, 3.8) is 0 Å². The van der Waals surface area contributed by atoms with Gasteiger partial charge in [-0.15, -0.1) is 0 Å². The molecule has 38 heavy (non-hydrogen) atoms. The van der Waals surface area contributed by atoms with E-state index in [-0.39, 0.29) is 29.6 Å². The lowest BCUT2D eigenvalue weighted by atomic mass is 9.88. The number of hydrogen-bond donors (Lipinski definition) is 3. The SMILES string of the molecule is CN1CCC(C(=O)N2CCC(c3[nH]nc4c3C(=O)c3c(NC(=O)NN5CCOCC5)cccc3-4)CC2)CC1. The third-order valence-corrected chi connectivity index (χ3v) is 8.37. The lowest BCUT2D eigenvalue weighted by Crippen LogP contribution is -2.49. The zero-order valence-electron chi connectivity index (χ0n) is 21.8. The minimum Gasteiger partial charge on any atom is -0.379 e. The average molecular weight is 522 g/mol. The normalized spacial score (nSPS) is 21.3. The van der Waals surface area contributed by atoms with E-state index in [9.17, 15) is 14.4 Å². The van der Waals surface area contributed by atoms with Crippen molar-refractivity contribution >= 4 is 23.4 Å². The Morgan fingerprint density at radius 2 is 1.74 bits per heavy atom. The maximum Gasteiger partial charge on any atom is 0.333 e. The Morgan fingerprint density at radius 1 is 1.00 bits per heavy atom. The summed E-state index contributed by atoms with van der Waals surface area (Å²) in [6.07, 6.45) is 3.45. The smallest absolute Gasteiger partial charge is 0.333 e. The Balaban J connectivity index is 1.13. The van der Waals surface area contributed by atoms with Crippen molar-refractivity contribution < 1.29 is 19.1 Å². The molecule has 11 nitrogen and oxygen atoms in total. The van der Waals surface area contributed by atoms with Gasteiger partial charge in [0, 0.05) is 43.6 Å². The van der Waals surface area contributed by atoms with E-state index in [1.54, 1.807) is 11.1 Å². The van der Waals surface area contributed by atoms with E-state index >= 15 is 0 Å². The average Bonchev–Trinajstić information content (AvgIpc) is 3.49. The van der Waals surface area contributed by atoms with Gasteiger partial charge in [-0.25, -0.2) is 9.80 Å². The molecule has 1 aromatic heterocycles. The van der Waals surface area contributed by atoms with Gasteiger partial charge in [-0.05, 0) is 51.9 Å². The number of nitrogens with one attached hydrogen (secondary N) is 3. The lowest BCUT2D eigenvalue weighted by Gasteiger charge is -2.36. The Hall–Kier alpha value is -3.28. The number of hydrazine groups is 1. The summed E-state index contributed by atoms with van der Waals surface area (Å²) in [4.78, 5) is 43.7. The van der Waals surface area contributed by atoms with Crippen LogP contribution in [-0.2, 0) is 9.53 Å². The van der Waals surface area contributed by atoms with Crippen LogP contribution in [0.1, 0.15) is 53.2 Å². The number of aromatic nitrogens is 2. The molecule has 3 fully saturated rings. The molecule has 3 aliphatic heterocycles. The monoisotopic (exact) mass is 521 g/mol. The van der Waals surface area contributed by atoms with Gasteiger partial charge < -0.3 is 19.9 Å². The van der Waals surface area contributed by atoms with Crippen LogP contribution >= 0.6 is 0 Å². The first kappa shape index (κ1) is 25.0. The predicted octanol–water partition coefficient (Wildman–Crippen LogP) is 2.04. The number of urea groups is 1. The van der Waals surface area contributed by atoms with Gasteiger partial charge in [0.05, 0.1) is 35.7 Å². The van der Waals surface area contributed by atoms with E-state index in [2.05, 4.69) is 32.9 Å². The first-order valence-corrected chi connectivity index (χ1v) is 13.6. The number of hydrogen-bond acceptors (Lipinski definition) is 7. The first-order valence-electron chi connectivity index (χ1n) is 13.6. The van der Waals surface area contributed by atoms with Crippen molar-refractivity contribution in [2.24, 2.45) is 5.92 Å². The molecule has 1 aromatic carbocycles. The summed E-state index contributed by atoms with van der Waals surface area (Å²) in [5, 5.41) is 12.3. The van der Waals surface area contributed by atoms with Crippen molar-refractivity contribution in [3.05, 3.63) is 35.0 Å². The third-order valence-electron chi connectivity index (χ3n) is 8.37. The van der Waals surface area contributed by atoms with Crippen LogP contribution in [0.4, 0.5) is 10.5 Å². The van der Waals surface area contributed by atoms with E-state index in [0.717, 1.165) is 50.0 Å². The van der Waals surface area contributed by atoms with Crippen LogP contribution in [0, 0.1) is 5.92 Å². The molecule has 0 radical (unpaired) electrons. The number of carbonyl (C=O) groups excluding carboxylic acids is 3. The van der Waals surface area contributed by atoms with Crippen LogP contribution in [0.15, 0.2) is 18.2 Å². The number of fused-ring (bicyclic) bond motifs is 3. The number of ether oxygens (including phenoxy) is 1. The summed E-state index contributed by atoms with van der Waals surface area (Å²) in [5.41, 5.74) is 6.59. The van der Waals surface area contributed by atoms with Gasteiger partial charge in [0.1, 0.15) is 5.69 Å². The third kappa shape index (κ3) is 4.70. The fourth-order valence-electron chi connectivity index (χ4n) is 6.17. The van der Waals surface area contributed by atoms with Crippen LogP contribution in [0.25, 0.3) is 11.3 Å². The Morgan fingerprint density at radius 3 is 2.47 bits per heavy atom. The van der Waals surface area contributed by atoms with Gasteiger partial charge in [-0.3, -0.25) is 20.1 Å². The van der Waals surface area contributed by atoms with Crippen molar-refractivity contribution in [1.82, 2.24) is 30.4 Å². The molecule has 0 unspecified atom stereocenters. The fourth-order valence-corrected chi connectivity index (χ4v) is 6.17. The number of ketones is 1. The van der Waals surface area contributed by atoms with Crippen molar-refractivity contribution in [1.29, 1.82) is 0 Å². The molecule has 3 saturated heterocycles. The summed E-state index contributed by atoms with van der Waals surface area (Å²) in [7, 11) is 2.11. The van der Waals surface area contributed by atoms with E-state index in [4.69, 9.17) is 4.74 Å². The van der Waals surface area contributed by atoms with Gasteiger partial charge in [-0.2, -0.15) is 5.10 Å². The van der Waals surface area contributed by atoms with E-state index in [1.807, 2.05) is 17.0 Å². The Bertz CT molecular complexity index is 1220. The van der Waals surface area contributed by atoms with Gasteiger partial charge in [-0.1, -0.05) is 12.1 Å². The predicted molar refractivity (Wildman–Crippen MR) is 141 cm³/mol. The van der Waals surface area contributed by atoms with Gasteiger partial charge in [0.15, 0.2) is 5.78 Å². The highest BCUT2D eigenvalue weighted by atomic mass is 16.5. The number of anilines is 1. The first-order chi connectivity index (χ1) is 18.5. The summed E-state index contributed by atoms with van der Waals surface area (Å²) in [6, 6.07) is 5.06. The summed E-state index contributed by atoms with van der Waals surface area (Å²) in [6.45, 7) is 5.69. The van der Waals surface area contributed by atoms with Crippen LogP contribution in [0.3, 0.4) is 0 Å². The van der Waals surface area contributed by atoms with Crippen molar-refractivity contribution in [2.45, 2.75) is 31.6 Å². The molecule has 4 heterocycles. The van der Waals surface area contributed by atoms with Crippen LogP contribution < -0.4 is 10.7 Å². The molecule has 2 aromatic rings. The summed E-state index contributed by atoms with van der Waals surface area (Å²) in [5.74, 6) is 0.417. The molecule has 0 saturated carbocycles. The second-order valence-electron chi connectivity index (χ2n) is 10.8. The molecule has 0 bridgehead atoms. The minimum absolute atomic E-state index is 0.120. The van der Waals surface area contributed by atoms with E-state index in [1.165, 1.54) is 0 Å². The zero-order valence-corrected chi connectivity index (χ0v) is 21.8. The molecule has 1 aliphatic carbocycles. The van der Waals surface area contributed by atoms with Gasteiger partial charge in [0.25, 0.3) is 0 Å². The van der Waals surface area contributed by atoms with Crippen LogP contribution in [-0.4, -0.2) is 102 Å². The number of morpholine rings is 1. The van der Waals surface area contributed by atoms with E-state index in [0.29, 0.717) is 61.9 Å². The largest absolute Gasteiger partial charge is 0.379 e. The number of carbonyl (C=O) groups is 3. The minimum atomic E-state index is -0.388. The Kier molecular flexibility index (Phi) is 6.89. The number of aromatic amines is 1. The molecule has 3 N–H and O–H groups in total. The number of H-pyrrole nitrogens is 1. The highest BCUT2D eigenvalue weighted by Gasteiger charge is 2.38. The molecule has 0 spiro atoms. The number of piperidine rings is 2. The standard InChI is InChI=1S/C27H35N7O4/c1-32-9-5-18(6-10-32)26(36)33-11-7-17(8-12-33)23-22-24(30-29-23)19-3-2-4-20(21(19)25(22)35)28-27(37)31-34-13-15-38-16-14-34/h2-4,17-18H,5-16H2,1H3,(H,29,30)(H2,28,31,37). The highest BCUT2D eigenvalue weighted by molar-refractivity contribution is 6.25. The van der Waals surface area contributed by atoms with Gasteiger partial charge >= 0.3 is 6.03 Å². The number of benzene rings is 1. The molecule has 0 atom stereocenters. The topological polar surface area (TPSA) is 123 Å². The molecule has 202 valence electrons. The molecule has 6 rings (SSSR count). The zero-order chi connectivity index (χ0) is 26.2. The number of rotatable bonds is 4. The molecule has 3 amide bonds. The fraction of sp³-hybridized carbons (Fsp3) is 0.556. The molecular weight excluding hydrogens is 486 g/mol. The Labute approximate surface area is 221 Å². The van der Waals surface area contributed by atoms with Crippen molar-refractivity contribution in [2.75, 3.05) is 64.8 Å². The number of amides is 3. The maximum absolute atomic E-state index is 13.7. The molecule has 4 aliphatic rings. The van der Waals surface area contributed by atoms with Crippen molar-refractivity contribution in [3.8, 4) is 11.3 Å². The number of likely N-dealkylation sites (tertiary alicyclic amines) is 2. The molecule has 11 heteroatoms. The molecular formula is C27H35N7O4. The summed E-state index contributed by atoms with van der Waals surface area (Å²) < 4.78 is 5.32. The van der Waals surface area contributed by atoms with Crippen LogP contribution in [0.2, 0.25) is 0 Å². The quantitative estimate of drug-likeness (QED) is 0.480. The van der Waals surface area contributed by atoms with E-state index < -0.39 is 0 Å². The summed E-state index contributed by atoms with van der Waals surface area (Å²) >= 11 is 0.